The topological polar surface area (TPSA) is 68.6 Å². The zero-order chi connectivity index (χ0) is 22.2. The van der Waals surface area contributed by atoms with Crippen molar-refractivity contribution in [3.8, 4) is 22.6 Å². The number of pyridine rings is 1. The Morgan fingerprint density at radius 1 is 1.12 bits per heavy atom. The van der Waals surface area contributed by atoms with Gasteiger partial charge in [-0.3, -0.25) is 4.79 Å². The normalized spacial score (nSPS) is 16.6. The first-order valence-electron chi connectivity index (χ1n) is 11.4. The van der Waals surface area contributed by atoms with Gasteiger partial charge in [-0.2, -0.15) is 0 Å². The summed E-state index contributed by atoms with van der Waals surface area (Å²) in [6.45, 7) is 6.47. The number of amides is 1. The third-order valence-corrected chi connectivity index (χ3v) is 6.47. The summed E-state index contributed by atoms with van der Waals surface area (Å²) in [6.07, 6.45) is 3.89. The van der Waals surface area contributed by atoms with Gasteiger partial charge < -0.3 is 19.6 Å². The summed E-state index contributed by atoms with van der Waals surface area (Å²) in [4.78, 5) is 19.9. The summed E-state index contributed by atoms with van der Waals surface area (Å²) in [6, 6.07) is 18.6. The number of nitrogens with zero attached hydrogens (tertiary/aromatic N) is 4. The first-order valence-corrected chi connectivity index (χ1v) is 11.4. The first kappa shape index (κ1) is 20.5. The third-order valence-electron chi connectivity index (χ3n) is 6.47. The molecule has 1 aliphatic rings. The molecule has 1 atom stereocenters. The highest BCUT2D eigenvalue weighted by atomic mass is 16.2. The van der Waals surface area contributed by atoms with Crippen LogP contribution in [0.4, 0.5) is 0 Å². The largest absolute Gasteiger partial charge is 0.339 e. The van der Waals surface area contributed by atoms with Crippen molar-refractivity contribution in [2.75, 3.05) is 13.1 Å². The average molecular weight is 428 g/mol. The minimum Gasteiger partial charge on any atom is -0.339 e. The Morgan fingerprint density at radius 3 is 2.66 bits per heavy atom. The second kappa shape index (κ2) is 8.28. The minimum atomic E-state index is 0.0353. The quantitative estimate of drug-likeness (QED) is 0.526. The predicted octanol–water partition coefficient (Wildman–Crippen LogP) is 4.36. The van der Waals surface area contributed by atoms with E-state index in [9.17, 15) is 4.79 Å². The van der Waals surface area contributed by atoms with Crippen molar-refractivity contribution in [1.29, 1.82) is 0 Å². The molecule has 4 aromatic rings. The van der Waals surface area contributed by atoms with Crippen LogP contribution in [0.2, 0.25) is 0 Å². The van der Waals surface area contributed by atoms with E-state index >= 15 is 0 Å². The summed E-state index contributed by atoms with van der Waals surface area (Å²) in [5, 5.41) is 0. The molecule has 0 radical (unpaired) electrons. The van der Waals surface area contributed by atoms with Crippen LogP contribution in [0.3, 0.4) is 0 Å². The van der Waals surface area contributed by atoms with Crippen LogP contribution in [0.1, 0.15) is 35.8 Å². The van der Waals surface area contributed by atoms with Gasteiger partial charge in [0.05, 0.1) is 5.69 Å². The molecule has 1 aromatic carbocycles. The number of benzene rings is 1. The zero-order valence-electron chi connectivity index (χ0n) is 18.7. The van der Waals surface area contributed by atoms with E-state index in [1.807, 2.05) is 29.3 Å². The van der Waals surface area contributed by atoms with Crippen molar-refractivity contribution in [3.05, 3.63) is 72.1 Å². The Morgan fingerprint density at radius 2 is 1.91 bits per heavy atom. The highest BCUT2D eigenvalue weighted by Crippen LogP contribution is 2.31. The van der Waals surface area contributed by atoms with Crippen molar-refractivity contribution >= 4 is 11.6 Å². The Bertz CT molecular complexity index is 1270. The lowest BCUT2D eigenvalue weighted by molar-refractivity contribution is 0.0709. The van der Waals surface area contributed by atoms with Crippen molar-refractivity contribution in [2.24, 2.45) is 5.73 Å². The maximum atomic E-state index is 13.0. The molecule has 0 aliphatic carbocycles. The highest BCUT2D eigenvalue weighted by molar-refractivity contribution is 5.95. The molecule has 6 heteroatoms. The van der Waals surface area contributed by atoms with E-state index < -0.39 is 0 Å². The van der Waals surface area contributed by atoms with Gasteiger partial charge in [-0.15, -0.1) is 0 Å². The van der Waals surface area contributed by atoms with Crippen LogP contribution < -0.4 is 5.73 Å². The Hall–Kier alpha value is -3.38. The van der Waals surface area contributed by atoms with E-state index in [0.717, 1.165) is 48.7 Å². The number of piperidine rings is 1. The fraction of sp³-hybridized carbons (Fsp3) is 0.308. The summed E-state index contributed by atoms with van der Waals surface area (Å²) >= 11 is 0. The van der Waals surface area contributed by atoms with E-state index in [4.69, 9.17) is 10.7 Å². The fourth-order valence-electron chi connectivity index (χ4n) is 4.80. The molecule has 0 bridgehead atoms. The van der Waals surface area contributed by atoms with Gasteiger partial charge in [0.1, 0.15) is 11.3 Å². The number of carbonyl (C=O) groups is 1. The molecule has 6 nitrogen and oxygen atoms in total. The van der Waals surface area contributed by atoms with Crippen LogP contribution in [0.15, 0.2) is 60.8 Å². The smallest absolute Gasteiger partial charge is 0.254 e. The lowest BCUT2D eigenvalue weighted by Crippen LogP contribution is -2.45. The molecule has 5 rings (SSSR count). The molecule has 4 heterocycles. The zero-order valence-corrected chi connectivity index (χ0v) is 18.7. The van der Waals surface area contributed by atoms with Gasteiger partial charge >= 0.3 is 0 Å². The van der Waals surface area contributed by atoms with Crippen LogP contribution in [0.25, 0.3) is 28.3 Å². The van der Waals surface area contributed by atoms with Crippen LogP contribution >= 0.6 is 0 Å². The van der Waals surface area contributed by atoms with E-state index in [0.29, 0.717) is 12.1 Å². The SMILES string of the molecule is CCn1c(-c2ccccc2)ccc1-c1nc2cc(C(=O)N3CCCC(N)C3)ccn2c1C. The lowest BCUT2D eigenvalue weighted by atomic mass is 10.1. The number of imidazole rings is 1. The van der Waals surface area contributed by atoms with Crippen molar-refractivity contribution < 1.29 is 4.79 Å². The van der Waals surface area contributed by atoms with Gasteiger partial charge in [-0.05, 0) is 56.5 Å². The van der Waals surface area contributed by atoms with E-state index in [-0.39, 0.29) is 11.9 Å². The summed E-state index contributed by atoms with van der Waals surface area (Å²) in [5.74, 6) is 0.0353. The Kier molecular flexibility index (Phi) is 5.31. The Labute approximate surface area is 188 Å². The molecular weight excluding hydrogens is 398 g/mol. The number of aryl methyl sites for hydroxylation is 1. The summed E-state index contributed by atoms with van der Waals surface area (Å²) in [7, 11) is 0. The van der Waals surface area contributed by atoms with Gasteiger partial charge in [0.2, 0.25) is 0 Å². The minimum absolute atomic E-state index is 0.0353. The maximum Gasteiger partial charge on any atom is 0.254 e. The van der Waals surface area contributed by atoms with Crippen LogP contribution in [-0.4, -0.2) is 43.9 Å². The van der Waals surface area contributed by atoms with Gasteiger partial charge in [0.15, 0.2) is 0 Å². The average Bonchev–Trinajstić information content (AvgIpc) is 3.39. The second-order valence-electron chi connectivity index (χ2n) is 8.56. The molecule has 164 valence electrons. The number of aromatic nitrogens is 3. The van der Waals surface area contributed by atoms with Gasteiger partial charge in [0, 0.05) is 48.8 Å². The molecule has 1 fully saturated rings. The van der Waals surface area contributed by atoms with Crippen molar-refractivity contribution in [2.45, 2.75) is 39.3 Å². The van der Waals surface area contributed by atoms with E-state index in [1.54, 1.807) is 0 Å². The van der Waals surface area contributed by atoms with Crippen molar-refractivity contribution in [3.63, 3.8) is 0 Å². The monoisotopic (exact) mass is 427 g/mol. The third kappa shape index (κ3) is 3.50. The number of rotatable bonds is 4. The molecule has 1 unspecified atom stereocenters. The standard InChI is InChI=1S/C26H29N5O/c1-3-30-22(19-8-5-4-6-9-19)11-12-23(30)25-18(2)31-15-13-20(16-24(31)28-25)26(32)29-14-7-10-21(27)17-29/h4-6,8-9,11-13,15-16,21H,3,7,10,14,17,27H2,1-2H3. The van der Waals surface area contributed by atoms with Crippen LogP contribution in [-0.2, 0) is 6.54 Å². The van der Waals surface area contributed by atoms with Gasteiger partial charge in [0.25, 0.3) is 5.91 Å². The van der Waals surface area contributed by atoms with E-state index in [1.165, 1.54) is 11.3 Å². The molecule has 1 saturated heterocycles. The van der Waals surface area contributed by atoms with Gasteiger partial charge in [-0.1, -0.05) is 30.3 Å². The molecule has 0 spiro atoms. The maximum absolute atomic E-state index is 13.0. The van der Waals surface area contributed by atoms with Crippen LogP contribution in [0.5, 0.6) is 0 Å². The second-order valence-corrected chi connectivity index (χ2v) is 8.56. The predicted molar refractivity (Wildman–Crippen MR) is 128 cm³/mol. The van der Waals surface area contributed by atoms with E-state index in [2.05, 4.69) is 59.2 Å². The molecule has 1 aliphatic heterocycles. The first-order chi connectivity index (χ1) is 15.6. The number of nitrogens with two attached hydrogens (primary N) is 1. The molecule has 2 N–H and O–H groups in total. The number of hydrogen-bond donors (Lipinski definition) is 1. The molecule has 1 amide bonds. The molecule has 3 aromatic heterocycles. The molecular formula is C26H29N5O. The molecule has 0 saturated carbocycles. The number of likely N-dealkylation sites (tertiary alicyclic amines) is 1. The highest BCUT2D eigenvalue weighted by Gasteiger charge is 2.23. The Balaban J connectivity index is 1.53. The number of hydrogen-bond acceptors (Lipinski definition) is 3. The number of fused-ring (bicyclic) bond motifs is 1. The number of carbonyl (C=O) groups excluding carboxylic acids is 1. The van der Waals surface area contributed by atoms with Crippen molar-refractivity contribution in [1.82, 2.24) is 18.9 Å². The summed E-state index contributed by atoms with van der Waals surface area (Å²) in [5.41, 5.74) is 13.0. The van der Waals surface area contributed by atoms with Crippen LogP contribution in [0, 0.1) is 6.92 Å². The fourth-order valence-corrected chi connectivity index (χ4v) is 4.80. The molecule has 32 heavy (non-hydrogen) atoms. The lowest BCUT2D eigenvalue weighted by Gasteiger charge is -2.30. The summed E-state index contributed by atoms with van der Waals surface area (Å²) < 4.78 is 4.36. The van der Waals surface area contributed by atoms with Gasteiger partial charge in [-0.25, -0.2) is 4.98 Å².